The topological polar surface area (TPSA) is 78.2 Å². The van der Waals surface area contributed by atoms with Crippen LogP contribution in [0.2, 0.25) is 0 Å². The molecule has 4 aromatic rings. The summed E-state index contributed by atoms with van der Waals surface area (Å²) in [5.74, 6) is -1.36. The number of hydrogen-bond donors (Lipinski definition) is 1. The van der Waals surface area contributed by atoms with Crippen LogP contribution in [0.25, 0.3) is 5.69 Å². The standard InChI is InChI=1S/C27H25F3N4O3/c1-4-24-32-34(27(36)33(24)3)22-15-23(37-16(2)17-10-6-5-7-11-17)19(14-20(22)28)26(35)31-21-13-9-8-12-18(21)25(29)30/h5-16,25H,4H2,1-3H3,(H,31,35)/t16-/m0/s1. The largest absolute Gasteiger partial charge is 0.485 e. The molecule has 1 aromatic heterocycles. The Bertz CT molecular complexity index is 1480. The predicted octanol–water partition coefficient (Wildman–Crippen LogP) is 5.60. The molecule has 1 N–H and O–H groups in total. The summed E-state index contributed by atoms with van der Waals surface area (Å²) >= 11 is 0. The van der Waals surface area contributed by atoms with Crippen LogP contribution in [-0.4, -0.2) is 20.3 Å². The lowest BCUT2D eigenvalue weighted by Crippen LogP contribution is -2.23. The van der Waals surface area contributed by atoms with Gasteiger partial charge in [-0.15, -0.1) is 5.10 Å². The molecule has 192 valence electrons. The van der Waals surface area contributed by atoms with Gasteiger partial charge in [0, 0.05) is 30.8 Å². The van der Waals surface area contributed by atoms with Crippen molar-refractivity contribution < 1.29 is 22.7 Å². The fourth-order valence-corrected chi connectivity index (χ4v) is 3.90. The van der Waals surface area contributed by atoms with Gasteiger partial charge in [0.2, 0.25) is 0 Å². The fourth-order valence-electron chi connectivity index (χ4n) is 3.90. The summed E-state index contributed by atoms with van der Waals surface area (Å²) in [6, 6.07) is 16.7. The number of aryl methyl sites for hydroxylation is 1. The maximum atomic E-state index is 15.3. The maximum absolute atomic E-state index is 15.3. The molecule has 0 fully saturated rings. The van der Waals surface area contributed by atoms with Crippen LogP contribution in [0.1, 0.15) is 53.7 Å². The van der Waals surface area contributed by atoms with E-state index in [2.05, 4.69) is 10.4 Å². The minimum Gasteiger partial charge on any atom is -0.485 e. The molecule has 7 nitrogen and oxygen atoms in total. The summed E-state index contributed by atoms with van der Waals surface area (Å²) in [5.41, 5.74) is -0.706. The summed E-state index contributed by atoms with van der Waals surface area (Å²) in [5, 5.41) is 6.63. The van der Waals surface area contributed by atoms with Crippen LogP contribution in [0.3, 0.4) is 0 Å². The molecule has 1 atom stereocenters. The highest BCUT2D eigenvalue weighted by Crippen LogP contribution is 2.32. The van der Waals surface area contributed by atoms with Gasteiger partial charge in [-0.1, -0.05) is 55.5 Å². The molecule has 0 radical (unpaired) electrons. The van der Waals surface area contributed by atoms with Gasteiger partial charge in [-0.2, -0.15) is 4.68 Å². The van der Waals surface area contributed by atoms with Crippen LogP contribution < -0.4 is 15.7 Å². The number of alkyl halides is 2. The van der Waals surface area contributed by atoms with Crippen molar-refractivity contribution in [3.05, 3.63) is 106 Å². The Morgan fingerprint density at radius 3 is 2.41 bits per heavy atom. The molecular formula is C27H25F3N4O3. The molecule has 0 aliphatic carbocycles. The van der Waals surface area contributed by atoms with Crippen molar-refractivity contribution in [3.8, 4) is 11.4 Å². The van der Waals surface area contributed by atoms with Gasteiger partial charge in [0.25, 0.3) is 12.3 Å². The Morgan fingerprint density at radius 1 is 1.08 bits per heavy atom. The third-order valence-corrected chi connectivity index (χ3v) is 5.93. The summed E-state index contributed by atoms with van der Waals surface area (Å²) < 4.78 is 50.5. The van der Waals surface area contributed by atoms with Crippen molar-refractivity contribution >= 4 is 11.6 Å². The van der Waals surface area contributed by atoms with Crippen LogP contribution in [0.5, 0.6) is 5.75 Å². The zero-order valence-electron chi connectivity index (χ0n) is 20.4. The lowest BCUT2D eigenvalue weighted by atomic mass is 10.1. The van der Waals surface area contributed by atoms with Gasteiger partial charge < -0.3 is 10.1 Å². The van der Waals surface area contributed by atoms with E-state index in [-0.39, 0.29) is 28.3 Å². The van der Waals surface area contributed by atoms with E-state index < -0.39 is 29.9 Å². The van der Waals surface area contributed by atoms with E-state index in [1.807, 2.05) is 37.3 Å². The first-order valence-corrected chi connectivity index (χ1v) is 11.6. The molecule has 0 spiro atoms. The molecule has 0 aliphatic heterocycles. The smallest absolute Gasteiger partial charge is 0.350 e. The van der Waals surface area contributed by atoms with E-state index in [0.717, 1.165) is 16.3 Å². The van der Waals surface area contributed by atoms with Gasteiger partial charge >= 0.3 is 5.69 Å². The number of halogens is 3. The van der Waals surface area contributed by atoms with Crippen LogP contribution in [0, 0.1) is 5.82 Å². The summed E-state index contributed by atoms with van der Waals surface area (Å²) in [7, 11) is 1.53. The Kier molecular flexibility index (Phi) is 7.47. The number of para-hydroxylation sites is 1. The van der Waals surface area contributed by atoms with E-state index in [1.54, 1.807) is 6.92 Å². The number of nitrogens with zero attached hydrogens (tertiary/aromatic N) is 3. The molecule has 1 amide bonds. The number of carbonyl (C=O) groups excluding carboxylic acids is 1. The summed E-state index contributed by atoms with van der Waals surface area (Å²) in [6.45, 7) is 3.55. The van der Waals surface area contributed by atoms with E-state index in [4.69, 9.17) is 4.74 Å². The molecule has 3 aromatic carbocycles. The highest BCUT2D eigenvalue weighted by Gasteiger charge is 2.24. The van der Waals surface area contributed by atoms with Crippen LogP contribution in [0.4, 0.5) is 18.9 Å². The predicted molar refractivity (Wildman–Crippen MR) is 133 cm³/mol. The van der Waals surface area contributed by atoms with Crippen molar-refractivity contribution in [1.82, 2.24) is 14.3 Å². The second-order valence-corrected chi connectivity index (χ2v) is 8.34. The first kappa shape index (κ1) is 25.7. The second kappa shape index (κ2) is 10.7. The van der Waals surface area contributed by atoms with Crippen molar-refractivity contribution in [2.45, 2.75) is 32.8 Å². The number of anilines is 1. The molecule has 37 heavy (non-hydrogen) atoms. The average Bonchev–Trinajstić information content (AvgIpc) is 3.18. The van der Waals surface area contributed by atoms with Gasteiger partial charge in [0.05, 0.1) is 5.56 Å². The molecule has 0 aliphatic rings. The third-order valence-electron chi connectivity index (χ3n) is 5.93. The number of nitrogens with one attached hydrogen (secondary N) is 1. The average molecular weight is 511 g/mol. The first-order chi connectivity index (χ1) is 17.7. The minimum atomic E-state index is -2.83. The zero-order chi connectivity index (χ0) is 26.7. The van der Waals surface area contributed by atoms with E-state index >= 15 is 4.39 Å². The number of hydrogen-bond acceptors (Lipinski definition) is 4. The van der Waals surface area contributed by atoms with Crippen molar-refractivity contribution in [1.29, 1.82) is 0 Å². The highest BCUT2D eigenvalue weighted by atomic mass is 19.3. The Morgan fingerprint density at radius 2 is 1.76 bits per heavy atom. The second-order valence-electron chi connectivity index (χ2n) is 8.34. The summed E-state index contributed by atoms with van der Waals surface area (Å²) in [6.07, 6.45) is -2.95. The number of carbonyl (C=O) groups is 1. The maximum Gasteiger partial charge on any atom is 0.350 e. The molecule has 0 bridgehead atoms. The number of ether oxygens (including phenoxy) is 1. The number of rotatable bonds is 8. The molecule has 0 unspecified atom stereocenters. The monoisotopic (exact) mass is 510 g/mol. The summed E-state index contributed by atoms with van der Waals surface area (Å²) in [4.78, 5) is 25.9. The zero-order valence-corrected chi connectivity index (χ0v) is 20.4. The van der Waals surface area contributed by atoms with E-state index in [9.17, 15) is 18.4 Å². The third kappa shape index (κ3) is 5.28. The van der Waals surface area contributed by atoms with Crippen LogP contribution >= 0.6 is 0 Å². The van der Waals surface area contributed by atoms with Crippen molar-refractivity contribution in [2.75, 3.05) is 5.32 Å². The lowest BCUT2D eigenvalue weighted by molar-refractivity contribution is 0.101. The lowest BCUT2D eigenvalue weighted by Gasteiger charge is -2.19. The van der Waals surface area contributed by atoms with Crippen LogP contribution in [0.15, 0.2) is 71.5 Å². The molecule has 0 saturated heterocycles. The molecule has 0 saturated carbocycles. The molecule has 10 heteroatoms. The Hall–Kier alpha value is -4.34. The quantitative estimate of drug-likeness (QED) is 0.335. The molecule has 4 rings (SSSR count). The van der Waals surface area contributed by atoms with Gasteiger partial charge in [-0.05, 0) is 24.6 Å². The van der Waals surface area contributed by atoms with E-state index in [0.29, 0.717) is 12.2 Å². The van der Waals surface area contributed by atoms with Crippen LogP contribution in [-0.2, 0) is 13.5 Å². The number of amides is 1. The Balaban J connectivity index is 1.80. The molecule has 1 heterocycles. The Labute approximate surface area is 211 Å². The van der Waals surface area contributed by atoms with Gasteiger partial charge in [-0.3, -0.25) is 9.36 Å². The SMILES string of the molecule is CCc1nn(-c2cc(O[C@@H](C)c3ccccc3)c(C(=O)Nc3ccccc3C(F)F)cc2F)c(=O)n1C. The number of aromatic nitrogens is 3. The van der Waals surface area contributed by atoms with E-state index in [1.165, 1.54) is 41.9 Å². The van der Waals surface area contributed by atoms with Gasteiger partial charge in [0.15, 0.2) is 0 Å². The highest BCUT2D eigenvalue weighted by molar-refractivity contribution is 6.06. The fraction of sp³-hybridized carbons (Fsp3) is 0.222. The first-order valence-electron chi connectivity index (χ1n) is 11.6. The van der Waals surface area contributed by atoms with Crippen molar-refractivity contribution in [2.24, 2.45) is 7.05 Å². The minimum absolute atomic E-state index is 0.0459. The van der Waals surface area contributed by atoms with Gasteiger partial charge in [0.1, 0.15) is 29.2 Å². The van der Waals surface area contributed by atoms with Crippen molar-refractivity contribution in [3.63, 3.8) is 0 Å². The number of benzene rings is 3. The molecular weight excluding hydrogens is 485 g/mol. The normalized spacial score (nSPS) is 12.0. The van der Waals surface area contributed by atoms with Gasteiger partial charge in [-0.25, -0.2) is 18.0 Å².